The van der Waals surface area contributed by atoms with E-state index in [2.05, 4.69) is 26.0 Å². The second-order valence-corrected chi connectivity index (χ2v) is 4.08. The maximum absolute atomic E-state index is 11.7. The molecule has 0 fully saturated rings. The molecule has 1 amide bonds. The second-order valence-electron chi connectivity index (χ2n) is 3.17. The van der Waals surface area contributed by atoms with Crippen LogP contribution in [0.25, 0.3) is 0 Å². The highest BCUT2D eigenvalue weighted by atomic mass is 79.9. The van der Waals surface area contributed by atoms with Crippen LogP contribution in [-0.2, 0) is 9.53 Å². The van der Waals surface area contributed by atoms with Crippen molar-refractivity contribution >= 4 is 27.5 Å². The zero-order valence-electron chi connectivity index (χ0n) is 8.55. The summed E-state index contributed by atoms with van der Waals surface area (Å²) in [6.07, 6.45) is -4.42. The van der Waals surface area contributed by atoms with Crippen LogP contribution in [0.5, 0.6) is 0 Å². The van der Waals surface area contributed by atoms with Crippen molar-refractivity contribution in [2.75, 3.05) is 18.5 Å². The highest BCUT2D eigenvalue weighted by Crippen LogP contribution is 2.16. The Bertz CT molecular complexity index is 395. The third-order valence-corrected chi connectivity index (χ3v) is 2.10. The molecule has 94 valence electrons. The zero-order valence-corrected chi connectivity index (χ0v) is 10.1. The fourth-order valence-corrected chi connectivity index (χ4v) is 1.42. The zero-order chi connectivity index (χ0) is 12.9. The largest absolute Gasteiger partial charge is 0.411 e. The van der Waals surface area contributed by atoms with Crippen LogP contribution in [0, 0.1) is 0 Å². The first-order valence-corrected chi connectivity index (χ1v) is 5.36. The highest BCUT2D eigenvalue weighted by Gasteiger charge is 2.27. The molecule has 0 bridgehead atoms. The molecule has 17 heavy (non-hydrogen) atoms. The summed E-state index contributed by atoms with van der Waals surface area (Å²) < 4.78 is 40.1. The Kier molecular flexibility index (Phi) is 4.95. The van der Waals surface area contributed by atoms with Crippen LogP contribution in [0.1, 0.15) is 0 Å². The van der Waals surface area contributed by atoms with Crippen molar-refractivity contribution in [3.8, 4) is 0 Å². The summed E-state index contributed by atoms with van der Waals surface area (Å²) in [4.78, 5) is 11.2. The molecular weight excluding hydrogens is 303 g/mol. The number of hydrogen-bond donors (Lipinski definition) is 1. The fraction of sp³-hybridized carbons (Fsp3) is 0.300. The molecule has 7 heteroatoms. The van der Waals surface area contributed by atoms with E-state index in [1.165, 1.54) is 0 Å². The second kappa shape index (κ2) is 6.02. The van der Waals surface area contributed by atoms with Crippen molar-refractivity contribution in [2.45, 2.75) is 6.18 Å². The van der Waals surface area contributed by atoms with E-state index in [0.29, 0.717) is 5.69 Å². The number of amides is 1. The molecule has 0 aromatic heterocycles. The maximum atomic E-state index is 11.7. The number of rotatable bonds is 4. The molecule has 0 radical (unpaired) electrons. The first kappa shape index (κ1) is 14.0. The number of alkyl halides is 3. The quantitative estimate of drug-likeness (QED) is 0.928. The number of benzene rings is 1. The molecule has 1 aromatic rings. The van der Waals surface area contributed by atoms with Crippen molar-refractivity contribution in [1.82, 2.24) is 0 Å². The topological polar surface area (TPSA) is 38.3 Å². The molecule has 0 heterocycles. The lowest BCUT2D eigenvalue weighted by Crippen LogP contribution is -2.23. The average molecular weight is 312 g/mol. The Morgan fingerprint density at radius 1 is 1.41 bits per heavy atom. The van der Waals surface area contributed by atoms with Gasteiger partial charge >= 0.3 is 6.18 Å². The van der Waals surface area contributed by atoms with Gasteiger partial charge in [0.2, 0.25) is 5.91 Å². The molecule has 0 aliphatic carbocycles. The molecule has 0 saturated heterocycles. The number of carbonyl (C=O) groups excluding carboxylic acids is 1. The van der Waals surface area contributed by atoms with Crippen LogP contribution in [-0.4, -0.2) is 25.3 Å². The summed E-state index contributed by atoms with van der Waals surface area (Å²) in [6.45, 7) is -2.06. The summed E-state index contributed by atoms with van der Waals surface area (Å²) in [5.74, 6) is -0.632. The van der Waals surface area contributed by atoms with Crippen LogP contribution >= 0.6 is 15.9 Å². The van der Waals surface area contributed by atoms with Gasteiger partial charge in [-0.15, -0.1) is 0 Å². The Morgan fingerprint density at radius 2 is 2.12 bits per heavy atom. The predicted octanol–water partition coefficient (Wildman–Crippen LogP) is 2.97. The van der Waals surface area contributed by atoms with E-state index < -0.39 is 25.3 Å². The van der Waals surface area contributed by atoms with E-state index >= 15 is 0 Å². The Morgan fingerprint density at radius 3 is 2.71 bits per heavy atom. The molecule has 1 N–H and O–H groups in total. The summed E-state index contributed by atoms with van der Waals surface area (Å²) in [7, 11) is 0. The van der Waals surface area contributed by atoms with Gasteiger partial charge in [-0.25, -0.2) is 0 Å². The molecule has 0 saturated carbocycles. The third kappa shape index (κ3) is 6.28. The minimum atomic E-state index is -4.42. The lowest BCUT2D eigenvalue weighted by Gasteiger charge is -2.08. The predicted molar refractivity (Wildman–Crippen MR) is 59.6 cm³/mol. The van der Waals surface area contributed by atoms with Gasteiger partial charge in [0.25, 0.3) is 0 Å². The Hall–Kier alpha value is -1.08. The Balaban J connectivity index is 2.35. The summed E-state index contributed by atoms with van der Waals surface area (Å²) in [5, 5.41) is 2.41. The van der Waals surface area contributed by atoms with Crippen LogP contribution in [0.15, 0.2) is 28.7 Å². The molecular formula is C10H9BrF3NO2. The molecule has 3 nitrogen and oxygen atoms in total. The first-order chi connectivity index (χ1) is 7.87. The summed E-state index contributed by atoms with van der Waals surface area (Å²) in [6, 6.07) is 6.69. The van der Waals surface area contributed by atoms with Gasteiger partial charge < -0.3 is 10.1 Å². The van der Waals surface area contributed by atoms with Crippen molar-refractivity contribution in [3.63, 3.8) is 0 Å². The van der Waals surface area contributed by atoms with E-state index in [9.17, 15) is 18.0 Å². The maximum Gasteiger partial charge on any atom is 0.411 e. The van der Waals surface area contributed by atoms with E-state index in [4.69, 9.17) is 0 Å². The SMILES string of the molecule is O=C(COCC(F)(F)F)Nc1cccc(Br)c1. The van der Waals surface area contributed by atoms with Crippen molar-refractivity contribution in [2.24, 2.45) is 0 Å². The van der Waals surface area contributed by atoms with Crippen LogP contribution in [0.3, 0.4) is 0 Å². The van der Waals surface area contributed by atoms with Gasteiger partial charge in [0.1, 0.15) is 13.2 Å². The minimum Gasteiger partial charge on any atom is -0.362 e. The number of nitrogens with one attached hydrogen (secondary N) is 1. The summed E-state index contributed by atoms with van der Waals surface area (Å²) in [5.41, 5.74) is 0.486. The molecule has 0 atom stereocenters. The third-order valence-electron chi connectivity index (χ3n) is 1.61. The van der Waals surface area contributed by atoms with E-state index in [1.807, 2.05) is 0 Å². The molecule has 1 rings (SSSR count). The molecule has 1 aromatic carbocycles. The number of hydrogen-bond acceptors (Lipinski definition) is 2. The lowest BCUT2D eigenvalue weighted by atomic mass is 10.3. The number of anilines is 1. The lowest BCUT2D eigenvalue weighted by molar-refractivity contribution is -0.174. The van der Waals surface area contributed by atoms with Crippen molar-refractivity contribution in [1.29, 1.82) is 0 Å². The normalized spacial score (nSPS) is 11.3. The van der Waals surface area contributed by atoms with Crippen molar-refractivity contribution in [3.05, 3.63) is 28.7 Å². The molecule has 0 spiro atoms. The number of carbonyl (C=O) groups is 1. The fourth-order valence-electron chi connectivity index (χ4n) is 1.02. The van der Waals surface area contributed by atoms with Crippen LogP contribution < -0.4 is 5.32 Å². The molecule has 0 aliphatic rings. The van der Waals surface area contributed by atoms with Gasteiger partial charge in [-0.3, -0.25) is 4.79 Å². The first-order valence-electron chi connectivity index (χ1n) is 4.57. The van der Waals surface area contributed by atoms with Gasteiger partial charge in [-0.2, -0.15) is 13.2 Å². The van der Waals surface area contributed by atoms with Gasteiger partial charge in [-0.05, 0) is 18.2 Å². The van der Waals surface area contributed by atoms with E-state index in [0.717, 1.165) is 4.47 Å². The van der Waals surface area contributed by atoms with E-state index in [-0.39, 0.29) is 0 Å². The van der Waals surface area contributed by atoms with Crippen LogP contribution in [0.4, 0.5) is 18.9 Å². The standard InChI is InChI=1S/C10H9BrF3NO2/c11-7-2-1-3-8(4-7)15-9(16)5-17-6-10(12,13)14/h1-4H,5-6H2,(H,15,16). The molecule has 0 unspecified atom stereocenters. The van der Waals surface area contributed by atoms with Gasteiger partial charge in [-0.1, -0.05) is 22.0 Å². The smallest absolute Gasteiger partial charge is 0.362 e. The number of ether oxygens (including phenoxy) is 1. The Labute approximate surface area is 104 Å². The van der Waals surface area contributed by atoms with Gasteiger partial charge in [0, 0.05) is 10.2 Å². The van der Waals surface area contributed by atoms with Crippen LogP contribution in [0.2, 0.25) is 0 Å². The van der Waals surface area contributed by atoms with Gasteiger partial charge in [0.05, 0.1) is 0 Å². The monoisotopic (exact) mass is 311 g/mol. The van der Waals surface area contributed by atoms with E-state index in [1.54, 1.807) is 24.3 Å². The van der Waals surface area contributed by atoms with Crippen molar-refractivity contribution < 1.29 is 22.7 Å². The highest BCUT2D eigenvalue weighted by molar-refractivity contribution is 9.10. The number of halogens is 4. The van der Waals surface area contributed by atoms with Gasteiger partial charge in [0.15, 0.2) is 0 Å². The average Bonchev–Trinajstić information content (AvgIpc) is 2.15. The minimum absolute atomic E-state index is 0.486. The molecule has 0 aliphatic heterocycles. The summed E-state index contributed by atoms with van der Waals surface area (Å²) >= 11 is 3.20.